The van der Waals surface area contributed by atoms with Crippen LogP contribution >= 0.6 is 23.1 Å². The smallest absolute Gasteiger partial charge is 0.239 e. The van der Waals surface area contributed by atoms with Crippen LogP contribution in [-0.4, -0.2) is 30.9 Å². The molecule has 0 aliphatic carbocycles. The molecule has 1 N–H and O–H groups in total. The van der Waals surface area contributed by atoms with E-state index < -0.39 is 0 Å². The fourth-order valence-corrected chi connectivity index (χ4v) is 3.95. The number of aromatic nitrogens is 4. The molecule has 3 rings (SSSR count). The predicted octanol–water partition coefficient (Wildman–Crippen LogP) is 3.98. The van der Waals surface area contributed by atoms with Crippen molar-refractivity contribution >= 4 is 34.1 Å². The molecular weight excluding hydrogens is 366 g/mol. The minimum Gasteiger partial charge on any atom is -0.305 e. The fourth-order valence-electron chi connectivity index (χ4n) is 2.32. The summed E-state index contributed by atoms with van der Waals surface area (Å²) in [6, 6.07) is 8.14. The number of amides is 1. The van der Waals surface area contributed by atoms with Crippen LogP contribution in [0.4, 0.5) is 5.13 Å². The van der Waals surface area contributed by atoms with Gasteiger partial charge >= 0.3 is 0 Å². The van der Waals surface area contributed by atoms with Crippen molar-refractivity contribution in [1.29, 1.82) is 0 Å². The Kier molecular flexibility index (Phi) is 5.43. The number of carbonyl (C=O) groups is 1. The van der Waals surface area contributed by atoms with E-state index in [4.69, 9.17) is 0 Å². The third kappa shape index (κ3) is 3.96. The van der Waals surface area contributed by atoms with Gasteiger partial charge in [-0.05, 0) is 27.7 Å². The summed E-state index contributed by atoms with van der Waals surface area (Å²) in [6.45, 7) is 7.83. The van der Waals surface area contributed by atoms with E-state index in [2.05, 4.69) is 20.5 Å². The van der Waals surface area contributed by atoms with E-state index >= 15 is 0 Å². The van der Waals surface area contributed by atoms with Crippen LogP contribution in [0.2, 0.25) is 0 Å². The Labute approximate surface area is 161 Å². The highest BCUT2D eigenvalue weighted by Crippen LogP contribution is 2.27. The number of thiazole rings is 1. The Morgan fingerprint density at radius 2 is 1.88 bits per heavy atom. The van der Waals surface area contributed by atoms with E-state index in [1.807, 2.05) is 63.6 Å². The average molecular weight is 388 g/mol. The Morgan fingerprint density at radius 1 is 1.19 bits per heavy atom. The van der Waals surface area contributed by atoms with Crippen molar-refractivity contribution in [3.63, 3.8) is 0 Å². The maximum absolute atomic E-state index is 12.4. The highest BCUT2D eigenvalue weighted by Gasteiger charge is 2.20. The zero-order valence-corrected chi connectivity index (χ0v) is 17.0. The van der Waals surface area contributed by atoms with E-state index in [0.717, 1.165) is 22.0 Å². The number of rotatable bonds is 5. The van der Waals surface area contributed by atoms with Gasteiger partial charge in [-0.3, -0.25) is 4.79 Å². The van der Waals surface area contributed by atoms with Crippen LogP contribution in [0.15, 0.2) is 29.4 Å². The summed E-state index contributed by atoms with van der Waals surface area (Å²) >= 11 is 2.87. The maximum atomic E-state index is 12.4. The molecule has 0 bridgehead atoms. The van der Waals surface area contributed by atoms with Crippen LogP contribution in [-0.2, 0) is 11.8 Å². The van der Waals surface area contributed by atoms with E-state index in [1.165, 1.54) is 28.7 Å². The zero-order chi connectivity index (χ0) is 18.8. The molecule has 1 amide bonds. The zero-order valence-electron chi connectivity index (χ0n) is 15.4. The number of aryl methyl sites for hydroxylation is 3. The summed E-state index contributed by atoms with van der Waals surface area (Å²) in [5.41, 5.74) is 3.15. The minimum atomic E-state index is -0.312. The van der Waals surface area contributed by atoms with Crippen molar-refractivity contribution in [2.24, 2.45) is 7.05 Å². The number of hydrogen-bond donors (Lipinski definition) is 1. The quantitative estimate of drug-likeness (QED) is 0.670. The van der Waals surface area contributed by atoms with Gasteiger partial charge in [-0.15, -0.1) is 21.5 Å². The summed E-state index contributed by atoms with van der Waals surface area (Å²) in [4.78, 5) is 17.9. The molecule has 0 fully saturated rings. The highest BCUT2D eigenvalue weighted by atomic mass is 32.2. The summed E-state index contributed by atoms with van der Waals surface area (Å²) in [5, 5.41) is 12.4. The largest absolute Gasteiger partial charge is 0.305 e. The van der Waals surface area contributed by atoms with E-state index in [9.17, 15) is 4.79 Å². The first-order chi connectivity index (χ1) is 12.3. The van der Waals surface area contributed by atoms with Gasteiger partial charge in [0.2, 0.25) is 5.91 Å². The second-order valence-corrected chi connectivity index (χ2v) is 8.65. The molecule has 0 unspecified atom stereocenters. The summed E-state index contributed by atoms with van der Waals surface area (Å²) in [5.74, 6) is 0.690. The molecule has 0 radical (unpaired) electrons. The molecule has 0 aliphatic heterocycles. The third-order valence-corrected chi connectivity index (χ3v) is 6.18. The lowest BCUT2D eigenvalue weighted by Crippen LogP contribution is -2.22. The second-order valence-electron chi connectivity index (χ2n) is 6.14. The third-order valence-electron chi connectivity index (χ3n) is 4.05. The molecule has 0 saturated carbocycles. The van der Waals surface area contributed by atoms with Crippen molar-refractivity contribution < 1.29 is 4.79 Å². The van der Waals surface area contributed by atoms with Gasteiger partial charge in [0.1, 0.15) is 0 Å². The Hall–Kier alpha value is -2.19. The van der Waals surface area contributed by atoms with Crippen molar-refractivity contribution in [3.8, 4) is 11.4 Å². The first-order valence-corrected chi connectivity index (χ1v) is 9.92. The van der Waals surface area contributed by atoms with Crippen LogP contribution in [0.1, 0.15) is 23.1 Å². The molecule has 0 aliphatic rings. The number of carbonyl (C=O) groups excluding carboxylic acids is 1. The molecule has 0 saturated heterocycles. The number of nitrogens with zero attached hydrogens (tertiary/aromatic N) is 4. The number of anilines is 1. The lowest BCUT2D eigenvalue weighted by Gasteiger charge is -2.10. The van der Waals surface area contributed by atoms with Gasteiger partial charge < -0.3 is 9.88 Å². The standard InChI is InChI=1S/C18H21N5OS2/c1-10-6-8-14(9-7-10)15-21-22-18(23(15)5)26-13(4)16(24)20-17-19-11(2)12(3)25-17/h6-9,13H,1-5H3,(H,19,20,24)/t13-/m1/s1. The monoisotopic (exact) mass is 387 g/mol. The molecule has 6 nitrogen and oxygen atoms in total. The molecule has 26 heavy (non-hydrogen) atoms. The maximum Gasteiger partial charge on any atom is 0.239 e. The van der Waals surface area contributed by atoms with E-state index in [-0.39, 0.29) is 11.2 Å². The molecule has 3 aromatic rings. The molecule has 0 spiro atoms. The highest BCUT2D eigenvalue weighted by molar-refractivity contribution is 8.00. The van der Waals surface area contributed by atoms with Gasteiger partial charge in [0, 0.05) is 17.5 Å². The molecule has 136 valence electrons. The molecule has 1 atom stereocenters. The molecular formula is C18H21N5OS2. The van der Waals surface area contributed by atoms with E-state index in [1.54, 1.807) is 0 Å². The summed E-state index contributed by atoms with van der Waals surface area (Å²) < 4.78 is 1.91. The van der Waals surface area contributed by atoms with Gasteiger partial charge in [0.25, 0.3) is 0 Å². The molecule has 1 aromatic carbocycles. The summed E-state index contributed by atoms with van der Waals surface area (Å²) in [7, 11) is 1.91. The van der Waals surface area contributed by atoms with Crippen molar-refractivity contribution in [1.82, 2.24) is 19.7 Å². The number of benzene rings is 1. The Morgan fingerprint density at radius 3 is 2.50 bits per heavy atom. The van der Waals surface area contributed by atoms with Crippen molar-refractivity contribution in [2.75, 3.05) is 5.32 Å². The predicted molar refractivity (Wildman–Crippen MR) is 107 cm³/mol. The van der Waals surface area contributed by atoms with Crippen LogP contribution in [0, 0.1) is 20.8 Å². The molecule has 8 heteroatoms. The van der Waals surface area contributed by atoms with Crippen molar-refractivity contribution in [2.45, 2.75) is 38.1 Å². The fraction of sp³-hybridized carbons (Fsp3) is 0.333. The number of hydrogen-bond acceptors (Lipinski definition) is 6. The lowest BCUT2D eigenvalue weighted by atomic mass is 10.1. The first kappa shape index (κ1) is 18.6. The van der Waals surface area contributed by atoms with E-state index in [0.29, 0.717) is 10.3 Å². The average Bonchev–Trinajstić information content (AvgIpc) is 3.11. The van der Waals surface area contributed by atoms with Crippen LogP contribution in [0.3, 0.4) is 0 Å². The van der Waals surface area contributed by atoms with Gasteiger partial charge in [0.05, 0.1) is 10.9 Å². The van der Waals surface area contributed by atoms with Crippen LogP contribution in [0.25, 0.3) is 11.4 Å². The topological polar surface area (TPSA) is 72.7 Å². The Balaban J connectivity index is 1.70. The Bertz CT molecular complexity index is 910. The second kappa shape index (κ2) is 7.59. The molecule has 2 aromatic heterocycles. The first-order valence-electron chi connectivity index (χ1n) is 8.23. The van der Waals surface area contributed by atoms with Crippen LogP contribution < -0.4 is 5.32 Å². The molecule has 2 heterocycles. The van der Waals surface area contributed by atoms with Gasteiger partial charge in [0.15, 0.2) is 16.1 Å². The normalized spacial score (nSPS) is 12.2. The SMILES string of the molecule is Cc1ccc(-c2nnc(S[C@H](C)C(=O)Nc3nc(C)c(C)s3)n2C)cc1. The van der Waals surface area contributed by atoms with Crippen LogP contribution in [0.5, 0.6) is 0 Å². The minimum absolute atomic E-state index is 0.0939. The number of nitrogens with one attached hydrogen (secondary N) is 1. The summed E-state index contributed by atoms with van der Waals surface area (Å²) in [6.07, 6.45) is 0. The van der Waals surface area contributed by atoms with Crippen molar-refractivity contribution in [3.05, 3.63) is 40.4 Å². The van der Waals surface area contributed by atoms with Gasteiger partial charge in [-0.2, -0.15) is 0 Å². The lowest BCUT2D eigenvalue weighted by molar-refractivity contribution is -0.115. The van der Waals surface area contributed by atoms with Gasteiger partial charge in [-0.1, -0.05) is 41.6 Å². The van der Waals surface area contributed by atoms with Gasteiger partial charge in [-0.25, -0.2) is 4.98 Å². The number of thioether (sulfide) groups is 1.